The molecule has 0 saturated carbocycles. The number of nitrogens with one attached hydrogen (secondary N) is 1. The fraction of sp³-hybridized carbons (Fsp3) is 0.280. The number of nitrogens with zero attached hydrogens (tertiary/aromatic N) is 1. The van der Waals surface area contributed by atoms with Gasteiger partial charge in [0, 0.05) is 15.7 Å². The van der Waals surface area contributed by atoms with Crippen LogP contribution < -0.4 is 20.7 Å². The van der Waals surface area contributed by atoms with Crippen LogP contribution in [-0.2, 0) is 22.6 Å². The first kappa shape index (κ1) is 26.0. The lowest BCUT2D eigenvalue weighted by Gasteiger charge is -2.28. The van der Waals surface area contributed by atoms with Crippen molar-refractivity contribution >= 4 is 56.6 Å². The number of fused-ring (bicyclic) bond motifs is 2. The number of carbonyl (C=O) groups excluding carboxylic acids is 2. The van der Waals surface area contributed by atoms with Gasteiger partial charge in [-0.2, -0.15) is 0 Å². The second kappa shape index (κ2) is 11.2. The monoisotopic (exact) mass is 547 g/mol. The maximum absolute atomic E-state index is 13.7. The number of anilines is 1. The third-order valence-corrected chi connectivity index (χ3v) is 6.48. The molecule has 2 atom stereocenters. The van der Waals surface area contributed by atoms with Gasteiger partial charge in [0.1, 0.15) is 17.8 Å². The predicted octanol–water partition coefficient (Wildman–Crippen LogP) is 3.32. The number of methoxy groups -OCH3 is 1. The van der Waals surface area contributed by atoms with Crippen molar-refractivity contribution in [2.24, 2.45) is 5.73 Å². The van der Waals surface area contributed by atoms with Gasteiger partial charge in [-0.05, 0) is 53.4 Å². The Morgan fingerprint density at radius 3 is 2.76 bits per heavy atom. The van der Waals surface area contributed by atoms with E-state index in [4.69, 9.17) is 10.5 Å². The van der Waals surface area contributed by atoms with Crippen molar-refractivity contribution in [1.82, 2.24) is 5.32 Å². The van der Waals surface area contributed by atoms with E-state index in [1.165, 1.54) is 0 Å². The molecule has 4 N–H and O–H groups in total. The quantitative estimate of drug-likeness (QED) is 0.438. The van der Waals surface area contributed by atoms with Gasteiger partial charge in [-0.1, -0.05) is 46.3 Å². The zero-order chi connectivity index (χ0) is 23.5. The third kappa shape index (κ3) is 5.20. The van der Waals surface area contributed by atoms with Crippen molar-refractivity contribution in [3.63, 3.8) is 0 Å². The predicted molar refractivity (Wildman–Crippen MR) is 138 cm³/mol. The molecule has 4 rings (SSSR count). The van der Waals surface area contributed by atoms with Gasteiger partial charge in [0.2, 0.25) is 11.8 Å². The number of carbonyl (C=O) groups is 2. The fourth-order valence-electron chi connectivity index (χ4n) is 4.23. The molecule has 0 fully saturated rings. The Morgan fingerprint density at radius 2 is 2.03 bits per heavy atom. The smallest absolute Gasteiger partial charge is 0.249 e. The lowest BCUT2D eigenvalue weighted by Crippen LogP contribution is -2.53. The van der Waals surface area contributed by atoms with E-state index in [1.54, 1.807) is 12.0 Å². The van der Waals surface area contributed by atoms with Gasteiger partial charge in [-0.25, -0.2) is 0 Å². The molecule has 1 heterocycles. The molecule has 7 nitrogen and oxygen atoms in total. The second-order valence-corrected chi connectivity index (χ2v) is 8.97. The van der Waals surface area contributed by atoms with E-state index in [-0.39, 0.29) is 24.9 Å². The molecule has 0 aromatic heterocycles. The number of hydrogen-bond acceptors (Lipinski definition) is 5. The highest BCUT2D eigenvalue weighted by Crippen LogP contribution is 2.34. The van der Waals surface area contributed by atoms with E-state index >= 15 is 0 Å². The van der Waals surface area contributed by atoms with E-state index < -0.39 is 24.6 Å². The van der Waals surface area contributed by atoms with E-state index in [2.05, 4.69) is 21.2 Å². The second-order valence-electron chi connectivity index (χ2n) is 8.05. The summed E-state index contributed by atoms with van der Waals surface area (Å²) in [6.45, 7) is -0.212. The van der Waals surface area contributed by atoms with E-state index in [0.29, 0.717) is 18.6 Å². The first-order valence-corrected chi connectivity index (χ1v) is 11.5. The SMILES string of the molecule is COc1ccc2cc(Br)ccc2c1CN1C(=O)C(NC(=O)C(N)CO)CCc2ccccc21.Cl. The van der Waals surface area contributed by atoms with Gasteiger partial charge in [0.05, 0.1) is 20.3 Å². The number of ether oxygens (including phenoxy) is 1. The molecule has 1 aliphatic heterocycles. The Kier molecular flexibility index (Phi) is 8.54. The summed E-state index contributed by atoms with van der Waals surface area (Å²) < 4.78 is 6.62. The van der Waals surface area contributed by atoms with Crippen molar-refractivity contribution in [1.29, 1.82) is 0 Å². The summed E-state index contributed by atoms with van der Waals surface area (Å²) in [5.74, 6) is -0.0915. The summed E-state index contributed by atoms with van der Waals surface area (Å²) in [6, 6.07) is 15.8. The molecule has 1 aliphatic rings. The number of halogens is 2. The van der Waals surface area contributed by atoms with Crippen LogP contribution in [0.5, 0.6) is 5.75 Å². The zero-order valence-corrected chi connectivity index (χ0v) is 21.1. The Labute approximate surface area is 212 Å². The molecule has 180 valence electrons. The molecule has 2 amide bonds. The van der Waals surface area contributed by atoms with Crippen LogP contribution in [0.4, 0.5) is 5.69 Å². The number of aryl methyl sites for hydroxylation is 1. The minimum atomic E-state index is -1.08. The summed E-state index contributed by atoms with van der Waals surface area (Å²) >= 11 is 3.52. The standard InChI is InChI=1S/C25H26BrN3O4.ClH/c1-33-23-11-7-16-12-17(26)8-9-18(16)19(23)13-29-22-5-3-2-4-15(22)6-10-21(25(29)32)28-24(31)20(27)14-30;/h2-5,7-9,11-12,20-21,30H,6,10,13-14,27H2,1H3,(H,28,31);1H. The number of rotatable bonds is 6. The summed E-state index contributed by atoms with van der Waals surface area (Å²) in [7, 11) is 1.61. The number of hydrogen-bond donors (Lipinski definition) is 3. The summed E-state index contributed by atoms with van der Waals surface area (Å²) in [4.78, 5) is 27.8. The number of amides is 2. The highest BCUT2D eigenvalue weighted by molar-refractivity contribution is 9.10. The van der Waals surface area contributed by atoms with Crippen LogP contribution in [0.25, 0.3) is 10.8 Å². The largest absolute Gasteiger partial charge is 0.496 e. The average molecular weight is 549 g/mol. The van der Waals surface area contributed by atoms with Crippen LogP contribution in [0.3, 0.4) is 0 Å². The normalized spacial score (nSPS) is 16.3. The molecule has 34 heavy (non-hydrogen) atoms. The Morgan fingerprint density at radius 1 is 1.26 bits per heavy atom. The molecule has 9 heteroatoms. The van der Waals surface area contributed by atoms with Crippen molar-refractivity contribution < 1.29 is 19.4 Å². The van der Waals surface area contributed by atoms with Crippen molar-refractivity contribution in [3.8, 4) is 5.75 Å². The van der Waals surface area contributed by atoms with Crippen LogP contribution in [0.1, 0.15) is 17.5 Å². The number of aliphatic hydroxyl groups excluding tert-OH is 1. The molecular weight excluding hydrogens is 522 g/mol. The van der Waals surface area contributed by atoms with Crippen LogP contribution in [0.2, 0.25) is 0 Å². The fourth-order valence-corrected chi connectivity index (χ4v) is 4.61. The van der Waals surface area contributed by atoms with Crippen LogP contribution in [0.15, 0.2) is 59.1 Å². The highest BCUT2D eigenvalue weighted by atomic mass is 79.9. The molecule has 0 aliphatic carbocycles. The van der Waals surface area contributed by atoms with Gasteiger partial charge >= 0.3 is 0 Å². The Balaban J connectivity index is 0.00000324. The van der Waals surface area contributed by atoms with Gasteiger partial charge in [-0.3, -0.25) is 9.59 Å². The van der Waals surface area contributed by atoms with Crippen LogP contribution >= 0.6 is 28.3 Å². The van der Waals surface area contributed by atoms with Crippen LogP contribution in [-0.4, -0.2) is 42.7 Å². The van der Waals surface area contributed by atoms with Gasteiger partial charge < -0.3 is 25.8 Å². The first-order chi connectivity index (χ1) is 15.9. The maximum atomic E-state index is 13.7. The van der Waals surface area contributed by atoms with Gasteiger partial charge in [-0.15, -0.1) is 12.4 Å². The van der Waals surface area contributed by atoms with Crippen LogP contribution in [0, 0.1) is 0 Å². The topological polar surface area (TPSA) is 105 Å². The molecule has 0 saturated heterocycles. The minimum Gasteiger partial charge on any atom is -0.496 e. The Bertz CT molecular complexity index is 1210. The number of nitrogens with two attached hydrogens (primary N) is 1. The molecule has 3 aromatic rings. The number of aliphatic hydroxyl groups is 1. The average Bonchev–Trinajstić information content (AvgIpc) is 2.95. The zero-order valence-electron chi connectivity index (χ0n) is 18.7. The van der Waals surface area contributed by atoms with Crippen molar-refractivity contribution in [2.75, 3.05) is 18.6 Å². The van der Waals surface area contributed by atoms with E-state index in [9.17, 15) is 14.7 Å². The van der Waals surface area contributed by atoms with Gasteiger partial charge in [0.15, 0.2) is 0 Å². The summed E-state index contributed by atoms with van der Waals surface area (Å²) in [5, 5.41) is 14.0. The maximum Gasteiger partial charge on any atom is 0.249 e. The third-order valence-electron chi connectivity index (χ3n) is 5.99. The number of benzene rings is 3. The summed E-state index contributed by atoms with van der Waals surface area (Å²) in [5.41, 5.74) is 8.38. The molecule has 0 bridgehead atoms. The van der Waals surface area contributed by atoms with E-state index in [1.807, 2.05) is 54.6 Å². The molecule has 3 aromatic carbocycles. The summed E-state index contributed by atoms with van der Waals surface area (Å²) in [6.07, 6.45) is 1.06. The molecule has 0 radical (unpaired) electrons. The molecular formula is C25H27BrClN3O4. The molecule has 0 spiro atoms. The van der Waals surface area contributed by atoms with Gasteiger partial charge in [0.25, 0.3) is 0 Å². The molecule has 2 unspecified atom stereocenters. The highest BCUT2D eigenvalue weighted by Gasteiger charge is 2.33. The number of para-hydroxylation sites is 1. The Hall–Kier alpha value is -2.65. The van der Waals surface area contributed by atoms with Crippen molar-refractivity contribution in [3.05, 3.63) is 70.2 Å². The first-order valence-electron chi connectivity index (χ1n) is 10.7. The van der Waals surface area contributed by atoms with E-state index in [0.717, 1.165) is 32.1 Å². The lowest BCUT2D eigenvalue weighted by molar-refractivity contribution is -0.129. The minimum absolute atomic E-state index is 0. The van der Waals surface area contributed by atoms with Crippen molar-refractivity contribution in [2.45, 2.75) is 31.5 Å². The lowest BCUT2D eigenvalue weighted by atomic mass is 10.0.